The van der Waals surface area contributed by atoms with Crippen LogP contribution in [0.2, 0.25) is 0 Å². The van der Waals surface area contributed by atoms with Crippen molar-refractivity contribution in [2.45, 2.75) is 77.1 Å². The minimum atomic E-state index is -1.05. The number of aliphatic hydroxyl groups is 3. The highest BCUT2D eigenvalue weighted by Gasteiger charge is 2.39. The minimum absolute atomic E-state index is 0.0976. The largest absolute Gasteiger partial charge is 0.481 e. The van der Waals surface area contributed by atoms with Gasteiger partial charge in [0.25, 0.3) is 0 Å². The minimum Gasteiger partial charge on any atom is -0.481 e. The standard InChI is InChI=1S/C19H32O5/c1-11-3-5-17-13(7-11)8-18(22)12(2)16(17)6-4-14(20)9-15(21)10-19(23)24/h8,11-12,14-18,20-22H,3-7,9-10H2,1-2H3,(H,23,24)/t11?,12-,14-,15-,16+,17+,18?/m1/s1. The van der Waals surface area contributed by atoms with Crippen molar-refractivity contribution in [3.8, 4) is 0 Å². The average Bonchev–Trinajstić information content (AvgIpc) is 2.46. The van der Waals surface area contributed by atoms with Gasteiger partial charge in [0.15, 0.2) is 0 Å². The van der Waals surface area contributed by atoms with E-state index in [1.54, 1.807) is 0 Å². The van der Waals surface area contributed by atoms with Crippen molar-refractivity contribution in [3.63, 3.8) is 0 Å². The Morgan fingerprint density at radius 3 is 2.62 bits per heavy atom. The number of rotatable bonds is 7. The molecule has 1 fully saturated rings. The fourth-order valence-corrected chi connectivity index (χ4v) is 4.54. The highest BCUT2D eigenvalue weighted by atomic mass is 16.4. The van der Waals surface area contributed by atoms with Crippen LogP contribution < -0.4 is 0 Å². The normalized spacial score (nSPS) is 35.7. The third-order valence-corrected chi connectivity index (χ3v) is 5.93. The maximum absolute atomic E-state index is 10.6. The molecule has 0 aromatic heterocycles. The fraction of sp³-hybridized carbons (Fsp3) is 0.842. The van der Waals surface area contributed by atoms with Crippen LogP contribution in [0.5, 0.6) is 0 Å². The van der Waals surface area contributed by atoms with E-state index < -0.39 is 24.3 Å². The van der Waals surface area contributed by atoms with Crippen molar-refractivity contribution in [1.29, 1.82) is 0 Å². The van der Waals surface area contributed by atoms with Gasteiger partial charge in [-0.15, -0.1) is 0 Å². The number of hydrogen-bond acceptors (Lipinski definition) is 4. The molecule has 0 spiro atoms. The lowest BCUT2D eigenvalue weighted by Crippen LogP contribution is -2.38. The SMILES string of the molecule is CC1CC[C@H]2C(=CC(O)[C@H](C)[C@@H]2CC[C@@H](O)C[C@@H](O)CC(=O)O)C1. The number of aliphatic hydroxyl groups excluding tert-OH is 3. The zero-order valence-electron chi connectivity index (χ0n) is 14.8. The molecule has 5 heteroatoms. The van der Waals surface area contributed by atoms with E-state index in [1.165, 1.54) is 12.0 Å². The van der Waals surface area contributed by atoms with E-state index >= 15 is 0 Å². The molecule has 0 heterocycles. The summed E-state index contributed by atoms with van der Waals surface area (Å²) in [6.07, 6.45) is 4.46. The highest BCUT2D eigenvalue weighted by molar-refractivity contribution is 5.67. The fourth-order valence-electron chi connectivity index (χ4n) is 4.54. The second-order valence-electron chi connectivity index (χ2n) is 7.97. The first kappa shape index (κ1) is 19.4. The Balaban J connectivity index is 1.90. The molecule has 1 saturated carbocycles. The summed E-state index contributed by atoms with van der Waals surface area (Å²) < 4.78 is 0. The Bertz CT molecular complexity index is 461. The number of hydrogen-bond donors (Lipinski definition) is 4. The van der Waals surface area contributed by atoms with Gasteiger partial charge in [-0.2, -0.15) is 0 Å². The first-order valence-corrected chi connectivity index (χ1v) is 9.24. The van der Waals surface area contributed by atoms with Gasteiger partial charge in [-0.25, -0.2) is 0 Å². The van der Waals surface area contributed by atoms with E-state index in [2.05, 4.69) is 19.9 Å². The van der Waals surface area contributed by atoms with Crippen molar-refractivity contribution >= 4 is 5.97 Å². The summed E-state index contributed by atoms with van der Waals surface area (Å²) in [5.41, 5.74) is 1.38. The smallest absolute Gasteiger partial charge is 0.305 e. The number of carboxylic acid groups (broad SMARTS) is 1. The number of carbonyl (C=O) groups is 1. The van der Waals surface area contributed by atoms with E-state index in [9.17, 15) is 20.1 Å². The Morgan fingerprint density at radius 1 is 1.25 bits per heavy atom. The molecule has 0 bridgehead atoms. The van der Waals surface area contributed by atoms with E-state index in [4.69, 9.17) is 5.11 Å². The van der Waals surface area contributed by atoms with E-state index in [0.717, 1.165) is 19.3 Å². The molecule has 0 aliphatic heterocycles. The molecule has 2 aliphatic rings. The molecule has 0 aromatic carbocycles. The lowest BCUT2D eigenvalue weighted by Gasteiger charge is -2.43. The lowest BCUT2D eigenvalue weighted by molar-refractivity contribution is -0.139. The Kier molecular flexibility index (Phi) is 6.84. The van der Waals surface area contributed by atoms with Crippen molar-refractivity contribution in [2.24, 2.45) is 23.7 Å². The van der Waals surface area contributed by atoms with E-state index in [1.807, 2.05) is 0 Å². The maximum atomic E-state index is 10.6. The van der Waals surface area contributed by atoms with Gasteiger partial charge in [-0.3, -0.25) is 4.79 Å². The zero-order chi connectivity index (χ0) is 17.9. The Morgan fingerprint density at radius 2 is 1.96 bits per heavy atom. The summed E-state index contributed by atoms with van der Waals surface area (Å²) in [6, 6.07) is 0. The second kappa shape index (κ2) is 8.45. The molecule has 5 nitrogen and oxygen atoms in total. The van der Waals surface area contributed by atoms with Crippen LogP contribution in [0.3, 0.4) is 0 Å². The molecular formula is C19H32O5. The number of aliphatic carboxylic acids is 1. The van der Waals surface area contributed by atoms with Crippen LogP contribution in [-0.2, 0) is 4.79 Å². The predicted octanol–water partition coefficient (Wildman–Crippen LogP) is 2.34. The van der Waals surface area contributed by atoms with Crippen molar-refractivity contribution in [1.82, 2.24) is 0 Å². The molecular weight excluding hydrogens is 308 g/mol. The molecule has 0 aromatic rings. The maximum Gasteiger partial charge on any atom is 0.305 e. The highest BCUT2D eigenvalue weighted by Crippen LogP contribution is 2.46. The third kappa shape index (κ3) is 5.04. The summed E-state index contributed by atoms with van der Waals surface area (Å²) in [4.78, 5) is 10.6. The Labute approximate surface area is 144 Å². The van der Waals surface area contributed by atoms with Crippen molar-refractivity contribution in [3.05, 3.63) is 11.6 Å². The van der Waals surface area contributed by atoms with Crippen LogP contribution in [0.4, 0.5) is 0 Å². The van der Waals surface area contributed by atoms with Crippen LogP contribution in [0.25, 0.3) is 0 Å². The van der Waals surface area contributed by atoms with E-state index in [0.29, 0.717) is 24.2 Å². The molecule has 2 rings (SSSR count). The summed E-state index contributed by atoms with van der Waals surface area (Å²) in [6.45, 7) is 4.33. The average molecular weight is 340 g/mol. The third-order valence-electron chi connectivity index (χ3n) is 5.93. The van der Waals surface area contributed by atoms with Crippen LogP contribution in [0.15, 0.2) is 11.6 Å². The molecule has 138 valence electrons. The van der Waals surface area contributed by atoms with Crippen molar-refractivity contribution < 1.29 is 25.2 Å². The van der Waals surface area contributed by atoms with Crippen LogP contribution >= 0.6 is 0 Å². The summed E-state index contributed by atoms with van der Waals surface area (Å²) >= 11 is 0. The number of allylic oxidation sites excluding steroid dienone is 1. The van der Waals surface area contributed by atoms with Gasteiger partial charge in [0.1, 0.15) is 0 Å². The lowest BCUT2D eigenvalue weighted by atomic mass is 9.63. The molecule has 0 radical (unpaired) electrons. The molecule has 24 heavy (non-hydrogen) atoms. The molecule has 0 amide bonds. The predicted molar refractivity (Wildman–Crippen MR) is 91.4 cm³/mol. The van der Waals surface area contributed by atoms with Gasteiger partial charge in [-0.1, -0.05) is 25.5 Å². The van der Waals surface area contributed by atoms with Gasteiger partial charge >= 0.3 is 5.97 Å². The summed E-state index contributed by atoms with van der Waals surface area (Å²) in [7, 11) is 0. The van der Waals surface area contributed by atoms with Crippen LogP contribution in [0.1, 0.15) is 58.8 Å². The number of fused-ring (bicyclic) bond motifs is 1. The molecule has 2 aliphatic carbocycles. The van der Waals surface area contributed by atoms with Gasteiger partial charge in [0.2, 0.25) is 0 Å². The van der Waals surface area contributed by atoms with Gasteiger partial charge < -0.3 is 20.4 Å². The number of carboxylic acids is 1. The van der Waals surface area contributed by atoms with Gasteiger partial charge in [0, 0.05) is 0 Å². The molecule has 7 atom stereocenters. The topological polar surface area (TPSA) is 98.0 Å². The van der Waals surface area contributed by atoms with Crippen LogP contribution in [-0.4, -0.2) is 44.7 Å². The second-order valence-corrected chi connectivity index (χ2v) is 7.97. The quantitative estimate of drug-likeness (QED) is 0.533. The summed E-state index contributed by atoms with van der Waals surface area (Å²) in [5.74, 6) is 0.633. The first-order chi connectivity index (χ1) is 11.3. The zero-order valence-corrected chi connectivity index (χ0v) is 14.8. The van der Waals surface area contributed by atoms with Crippen LogP contribution in [0, 0.1) is 23.7 Å². The van der Waals surface area contributed by atoms with Crippen molar-refractivity contribution in [2.75, 3.05) is 0 Å². The monoisotopic (exact) mass is 340 g/mol. The van der Waals surface area contributed by atoms with Gasteiger partial charge in [0.05, 0.1) is 24.7 Å². The van der Waals surface area contributed by atoms with E-state index in [-0.39, 0.29) is 18.8 Å². The first-order valence-electron chi connectivity index (χ1n) is 9.24. The molecule has 0 saturated heterocycles. The molecule has 2 unspecified atom stereocenters. The molecule has 4 N–H and O–H groups in total. The summed E-state index contributed by atoms with van der Waals surface area (Å²) in [5, 5.41) is 38.8. The van der Waals surface area contributed by atoms with Gasteiger partial charge in [-0.05, 0) is 62.2 Å². The Hall–Kier alpha value is -0.910.